The standard InChI is InChI=1S/C27H31F2N3O3S/c1-3-35-15-5-14-31(27(34)30-24-7-4-6-23(29)16-24)19-26(33)32(18-25-13-8-20(2)36-25)17-21-9-11-22(28)12-10-21/h4,6-13,16H,3,5,14-15,17-19H2,1-2H3,(H,30,34). The summed E-state index contributed by atoms with van der Waals surface area (Å²) in [6.45, 7) is 5.65. The van der Waals surface area contributed by atoms with Crippen molar-refractivity contribution in [2.24, 2.45) is 0 Å². The Morgan fingerprint density at radius 1 is 0.972 bits per heavy atom. The molecule has 0 saturated heterocycles. The number of benzene rings is 2. The van der Waals surface area contributed by atoms with Crippen LogP contribution in [-0.4, -0.2) is 48.0 Å². The summed E-state index contributed by atoms with van der Waals surface area (Å²) >= 11 is 1.60. The number of rotatable bonds is 12. The van der Waals surface area contributed by atoms with Crippen LogP contribution in [0.25, 0.3) is 0 Å². The van der Waals surface area contributed by atoms with Crippen LogP contribution < -0.4 is 5.32 Å². The lowest BCUT2D eigenvalue weighted by atomic mass is 10.2. The first kappa shape index (κ1) is 27.3. The molecule has 3 aromatic rings. The molecule has 0 aliphatic carbocycles. The Hall–Kier alpha value is -3.30. The number of hydrogen-bond acceptors (Lipinski definition) is 4. The van der Waals surface area contributed by atoms with Crippen molar-refractivity contribution < 1.29 is 23.1 Å². The van der Waals surface area contributed by atoms with Gasteiger partial charge in [-0.3, -0.25) is 4.79 Å². The van der Waals surface area contributed by atoms with Crippen LogP contribution in [0.15, 0.2) is 60.7 Å². The van der Waals surface area contributed by atoms with E-state index in [4.69, 9.17) is 4.74 Å². The molecule has 3 amide bonds. The van der Waals surface area contributed by atoms with E-state index in [1.165, 1.54) is 35.2 Å². The molecule has 0 aliphatic heterocycles. The van der Waals surface area contributed by atoms with Gasteiger partial charge in [0.1, 0.15) is 18.2 Å². The molecular weight excluding hydrogens is 484 g/mol. The van der Waals surface area contributed by atoms with Crippen LogP contribution in [0.2, 0.25) is 0 Å². The van der Waals surface area contributed by atoms with Crippen LogP contribution >= 0.6 is 11.3 Å². The molecule has 2 aromatic carbocycles. The highest BCUT2D eigenvalue weighted by molar-refractivity contribution is 7.11. The number of nitrogens with zero attached hydrogens (tertiary/aromatic N) is 2. The third-order valence-corrected chi connectivity index (χ3v) is 6.38. The van der Waals surface area contributed by atoms with Crippen molar-refractivity contribution in [3.8, 4) is 0 Å². The summed E-state index contributed by atoms with van der Waals surface area (Å²) in [5, 5.41) is 2.67. The van der Waals surface area contributed by atoms with Gasteiger partial charge < -0.3 is 19.9 Å². The van der Waals surface area contributed by atoms with E-state index in [2.05, 4.69) is 5.32 Å². The molecule has 0 spiro atoms. The minimum atomic E-state index is -0.501. The maximum Gasteiger partial charge on any atom is 0.322 e. The Bertz CT molecular complexity index is 1140. The van der Waals surface area contributed by atoms with E-state index in [0.29, 0.717) is 31.9 Å². The lowest BCUT2D eigenvalue weighted by Gasteiger charge is -2.28. The van der Waals surface area contributed by atoms with E-state index in [1.807, 2.05) is 26.0 Å². The first-order valence-electron chi connectivity index (χ1n) is 11.8. The molecule has 0 radical (unpaired) electrons. The van der Waals surface area contributed by atoms with Crippen molar-refractivity contribution in [2.45, 2.75) is 33.4 Å². The van der Waals surface area contributed by atoms with Gasteiger partial charge in [0, 0.05) is 41.7 Å². The number of thiophene rings is 1. The second-order valence-corrected chi connectivity index (χ2v) is 9.67. The molecule has 0 aliphatic rings. The quantitative estimate of drug-likeness (QED) is 0.309. The largest absolute Gasteiger partial charge is 0.382 e. The molecule has 0 fully saturated rings. The summed E-state index contributed by atoms with van der Waals surface area (Å²) in [6, 6.07) is 15.1. The lowest BCUT2D eigenvalue weighted by molar-refractivity contribution is -0.133. The average molecular weight is 516 g/mol. The molecular formula is C27H31F2N3O3S. The topological polar surface area (TPSA) is 61.9 Å². The Morgan fingerprint density at radius 3 is 2.42 bits per heavy atom. The summed E-state index contributed by atoms with van der Waals surface area (Å²) in [6.07, 6.45) is 0.541. The predicted molar refractivity (Wildman–Crippen MR) is 138 cm³/mol. The fraction of sp³-hybridized carbons (Fsp3) is 0.333. The molecule has 1 N–H and O–H groups in total. The van der Waals surface area contributed by atoms with E-state index in [-0.39, 0.29) is 31.4 Å². The van der Waals surface area contributed by atoms with Crippen LogP contribution in [0.5, 0.6) is 0 Å². The second-order valence-electron chi connectivity index (χ2n) is 8.30. The van der Waals surface area contributed by atoms with Crippen molar-refractivity contribution in [1.29, 1.82) is 0 Å². The molecule has 6 nitrogen and oxygen atoms in total. The summed E-state index contributed by atoms with van der Waals surface area (Å²) in [5.41, 5.74) is 1.09. The fourth-order valence-electron chi connectivity index (χ4n) is 3.59. The molecule has 0 bridgehead atoms. The number of halogens is 2. The normalized spacial score (nSPS) is 10.8. The van der Waals surface area contributed by atoms with E-state index >= 15 is 0 Å². The van der Waals surface area contributed by atoms with Gasteiger partial charge in [-0.2, -0.15) is 0 Å². The first-order chi connectivity index (χ1) is 17.3. The summed E-state index contributed by atoms with van der Waals surface area (Å²) < 4.78 is 32.4. The van der Waals surface area contributed by atoms with Crippen molar-refractivity contribution in [3.05, 3.63) is 87.6 Å². The van der Waals surface area contributed by atoms with Crippen LogP contribution in [0.3, 0.4) is 0 Å². The minimum absolute atomic E-state index is 0.168. The Labute approximate surface area is 214 Å². The number of carbonyl (C=O) groups excluding carboxylic acids is 2. The van der Waals surface area contributed by atoms with Gasteiger partial charge in [0.15, 0.2) is 0 Å². The number of carbonyl (C=O) groups is 2. The summed E-state index contributed by atoms with van der Waals surface area (Å²) in [7, 11) is 0. The fourth-order valence-corrected chi connectivity index (χ4v) is 4.49. The number of amides is 3. The third-order valence-electron chi connectivity index (χ3n) is 5.39. The molecule has 36 heavy (non-hydrogen) atoms. The van der Waals surface area contributed by atoms with Gasteiger partial charge in [-0.1, -0.05) is 18.2 Å². The lowest BCUT2D eigenvalue weighted by Crippen LogP contribution is -2.44. The number of nitrogens with one attached hydrogen (secondary N) is 1. The van der Waals surface area contributed by atoms with Gasteiger partial charge in [-0.25, -0.2) is 13.6 Å². The zero-order valence-electron chi connectivity index (χ0n) is 20.5. The summed E-state index contributed by atoms with van der Waals surface area (Å²) in [4.78, 5) is 31.7. The highest BCUT2D eigenvalue weighted by atomic mass is 32.1. The molecule has 1 aromatic heterocycles. The Kier molecular flexibility index (Phi) is 10.4. The van der Waals surface area contributed by atoms with E-state index in [0.717, 1.165) is 15.3 Å². The first-order valence-corrected chi connectivity index (χ1v) is 12.6. The van der Waals surface area contributed by atoms with Crippen LogP contribution in [-0.2, 0) is 22.6 Å². The Morgan fingerprint density at radius 2 is 1.75 bits per heavy atom. The van der Waals surface area contributed by atoms with Gasteiger partial charge >= 0.3 is 6.03 Å². The van der Waals surface area contributed by atoms with E-state index < -0.39 is 11.8 Å². The molecule has 9 heteroatoms. The molecule has 0 atom stereocenters. The SMILES string of the molecule is CCOCCCN(CC(=O)N(Cc1ccc(F)cc1)Cc1ccc(C)s1)C(=O)Nc1cccc(F)c1. The third kappa shape index (κ3) is 8.73. The number of urea groups is 1. The van der Waals surface area contributed by atoms with Gasteiger partial charge in [-0.15, -0.1) is 11.3 Å². The maximum absolute atomic E-state index is 13.6. The number of anilines is 1. The van der Waals surface area contributed by atoms with Crippen molar-refractivity contribution in [1.82, 2.24) is 9.80 Å². The zero-order chi connectivity index (χ0) is 25.9. The van der Waals surface area contributed by atoms with Crippen molar-refractivity contribution in [2.75, 3.05) is 31.6 Å². The number of ether oxygens (including phenoxy) is 1. The number of hydrogen-bond donors (Lipinski definition) is 1. The van der Waals surface area contributed by atoms with Crippen molar-refractivity contribution in [3.63, 3.8) is 0 Å². The van der Waals surface area contributed by atoms with Crippen LogP contribution in [0, 0.1) is 18.6 Å². The molecule has 3 rings (SSSR count). The van der Waals surface area contributed by atoms with Gasteiger partial charge in [-0.05, 0) is 68.3 Å². The summed E-state index contributed by atoms with van der Waals surface area (Å²) in [5.74, 6) is -1.07. The molecule has 1 heterocycles. The predicted octanol–water partition coefficient (Wildman–Crippen LogP) is 5.82. The van der Waals surface area contributed by atoms with Crippen molar-refractivity contribution >= 4 is 29.0 Å². The van der Waals surface area contributed by atoms with Gasteiger partial charge in [0.05, 0.1) is 6.54 Å². The molecule has 0 saturated carbocycles. The zero-order valence-corrected chi connectivity index (χ0v) is 21.3. The van der Waals surface area contributed by atoms with Gasteiger partial charge in [0.2, 0.25) is 5.91 Å². The van der Waals surface area contributed by atoms with Crippen LogP contribution in [0.4, 0.5) is 19.3 Å². The highest BCUT2D eigenvalue weighted by Crippen LogP contribution is 2.19. The van der Waals surface area contributed by atoms with Gasteiger partial charge in [0.25, 0.3) is 0 Å². The average Bonchev–Trinajstić information content (AvgIpc) is 3.26. The number of aryl methyl sites for hydroxylation is 1. The second kappa shape index (κ2) is 13.7. The minimum Gasteiger partial charge on any atom is -0.382 e. The van der Waals surface area contributed by atoms with E-state index in [9.17, 15) is 18.4 Å². The monoisotopic (exact) mass is 515 g/mol. The smallest absolute Gasteiger partial charge is 0.322 e. The molecule has 192 valence electrons. The highest BCUT2D eigenvalue weighted by Gasteiger charge is 2.22. The van der Waals surface area contributed by atoms with Crippen LogP contribution in [0.1, 0.15) is 28.7 Å². The molecule has 0 unspecified atom stereocenters. The van der Waals surface area contributed by atoms with E-state index in [1.54, 1.807) is 34.4 Å². The Balaban J connectivity index is 1.76. The maximum atomic E-state index is 13.6.